The minimum absolute atomic E-state index is 0.0434. The highest BCUT2D eigenvalue weighted by atomic mass is 79.9. The van der Waals surface area contributed by atoms with E-state index in [4.69, 9.17) is 4.74 Å². The predicted octanol–water partition coefficient (Wildman–Crippen LogP) is 5.88. The van der Waals surface area contributed by atoms with E-state index in [9.17, 15) is 9.90 Å². The zero-order chi connectivity index (χ0) is 20.8. The van der Waals surface area contributed by atoms with Gasteiger partial charge in [-0.1, -0.05) is 64.5 Å². The minimum atomic E-state index is -0.405. The van der Waals surface area contributed by atoms with E-state index in [1.807, 2.05) is 54.6 Å². The Morgan fingerprint density at radius 3 is 2.48 bits per heavy atom. The molecule has 3 aromatic carbocycles. The Morgan fingerprint density at radius 1 is 1.03 bits per heavy atom. The first-order valence-electron chi connectivity index (χ1n) is 8.43. The molecule has 0 radical (unpaired) electrons. The Bertz CT molecular complexity index is 1060. The molecule has 0 heterocycles. The van der Waals surface area contributed by atoms with Gasteiger partial charge in [-0.2, -0.15) is 5.10 Å². The van der Waals surface area contributed by atoms with Gasteiger partial charge in [0.25, 0.3) is 5.91 Å². The summed E-state index contributed by atoms with van der Waals surface area (Å²) in [7, 11) is 0. The number of amides is 1. The number of para-hydroxylation sites is 1. The number of rotatable bonds is 6. The number of phenols is 1. The van der Waals surface area contributed by atoms with Crippen LogP contribution >= 0.6 is 47.8 Å². The average molecular weight is 583 g/mol. The van der Waals surface area contributed by atoms with Gasteiger partial charge in [0.15, 0.2) is 6.61 Å². The Kier molecular flexibility index (Phi) is 7.46. The summed E-state index contributed by atoms with van der Waals surface area (Å²) >= 11 is 9.94. The number of aromatic hydroxyl groups is 1. The van der Waals surface area contributed by atoms with E-state index < -0.39 is 5.91 Å². The van der Waals surface area contributed by atoms with Crippen molar-refractivity contribution in [1.82, 2.24) is 5.43 Å². The van der Waals surface area contributed by atoms with Crippen molar-refractivity contribution in [3.8, 4) is 22.6 Å². The second-order valence-corrected chi connectivity index (χ2v) is 8.36. The third-order valence-corrected chi connectivity index (χ3v) is 5.96. The lowest BCUT2D eigenvalue weighted by Gasteiger charge is -2.11. The molecule has 0 saturated heterocycles. The van der Waals surface area contributed by atoms with E-state index in [2.05, 4.69) is 58.3 Å². The molecule has 3 aromatic rings. The molecular formula is C21H15Br3N2O3. The van der Waals surface area contributed by atoms with Gasteiger partial charge in [-0.15, -0.1) is 0 Å². The van der Waals surface area contributed by atoms with Crippen molar-refractivity contribution in [3.05, 3.63) is 79.6 Å². The Labute approximate surface area is 193 Å². The van der Waals surface area contributed by atoms with Crippen LogP contribution in [0.4, 0.5) is 0 Å². The van der Waals surface area contributed by atoms with Gasteiger partial charge in [0, 0.05) is 15.6 Å². The highest BCUT2D eigenvalue weighted by molar-refractivity contribution is 9.11. The molecule has 0 aromatic heterocycles. The summed E-state index contributed by atoms with van der Waals surface area (Å²) in [6.07, 6.45) is 1.43. The van der Waals surface area contributed by atoms with Gasteiger partial charge < -0.3 is 9.84 Å². The van der Waals surface area contributed by atoms with Crippen molar-refractivity contribution >= 4 is 59.9 Å². The molecule has 0 aliphatic heterocycles. The Hall–Kier alpha value is -2.16. The summed E-state index contributed by atoms with van der Waals surface area (Å²) in [5.41, 5.74) is 4.92. The second kappa shape index (κ2) is 10.0. The summed E-state index contributed by atoms with van der Waals surface area (Å²) in [5, 5.41) is 13.9. The molecule has 0 aliphatic carbocycles. The quantitative estimate of drug-likeness (QED) is 0.282. The van der Waals surface area contributed by atoms with Crippen molar-refractivity contribution in [3.63, 3.8) is 0 Å². The van der Waals surface area contributed by atoms with Crippen LogP contribution in [0.3, 0.4) is 0 Å². The molecule has 29 heavy (non-hydrogen) atoms. The molecule has 0 atom stereocenters. The van der Waals surface area contributed by atoms with E-state index in [-0.39, 0.29) is 12.4 Å². The summed E-state index contributed by atoms with van der Waals surface area (Å²) < 4.78 is 7.36. The van der Waals surface area contributed by atoms with Crippen LogP contribution in [-0.2, 0) is 4.79 Å². The zero-order valence-electron chi connectivity index (χ0n) is 14.9. The molecule has 148 valence electrons. The number of hydrogen-bond donors (Lipinski definition) is 2. The van der Waals surface area contributed by atoms with E-state index in [1.165, 1.54) is 6.21 Å². The van der Waals surface area contributed by atoms with Crippen LogP contribution in [0.5, 0.6) is 11.5 Å². The lowest BCUT2D eigenvalue weighted by Crippen LogP contribution is -2.24. The smallest absolute Gasteiger partial charge is 0.277 e. The van der Waals surface area contributed by atoms with Crippen molar-refractivity contribution in [2.45, 2.75) is 0 Å². The van der Waals surface area contributed by atoms with Gasteiger partial charge in [0.2, 0.25) is 0 Å². The first kappa shape index (κ1) is 21.5. The molecule has 2 N–H and O–H groups in total. The standard InChI is InChI=1S/C21H15Br3N2O3/c22-16-10-17(23)21(28)20(24)15(16)11-25-26-19(27)12-29-18-9-5-4-8-14(18)13-6-2-1-3-7-13/h1-11,28H,12H2,(H,26,27)/b25-11-. The number of hydrogen-bond acceptors (Lipinski definition) is 4. The van der Waals surface area contributed by atoms with Gasteiger partial charge >= 0.3 is 0 Å². The monoisotopic (exact) mass is 580 g/mol. The van der Waals surface area contributed by atoms with Crippen LogP contribution in [0, 0.1) is 0 Å². The second-order valence-electron chi connectivity index (χ2n) is 5.86. The number of nitrogens with one attached hydrogen (secondary N) is 1. The van der Waals surface area contributed by atoms with E-state index in [0.717, 1.165) is 11.1 Å². The van der Waals surface area contributed by atoms with Crippen molar-refractivity contribution in [1.29, 1.82) is 0 Å². The van der Waals surface area contributed by atoms with Gasteiger partial charge in [0.05, 0.1) is 15.2 Å². The van der Waals surface area contributed by atoms with Crippen molar-refractivity contribution in [2.24, 2.45) is 5.10 Å². The van der Waals surface area contributed by atoms with Crippen LogP contribution < -0.4 is 10.2 Å². The third kappa shape index (κ3) is 5.46. The van der Waals surface area contributed by atoms with Gasteiger partial charge in [-0.25, -0.2) is 5.43 Å². The molecule has 0 spiro atoms. The van der Waals surface area contributed by atoms with E-state index in [1.54, 1.807) is 6.07 Å². The molecule has 0 saturated carbocycles. The number of carbonyl (C=O) groups excluding carboxylic acids is 1. The maximum absolute atomic E-state index is 12.1. The summed E-state index contributed by atoms with van der Waals surface area (Å²) in [5.74, 6) is 0.251. The molecule has 8 heteroatoms. The van der Waals surface area contributed by atoms with E-state index in [0.29, 0.717) is 24.7 Å². The molecular weight excluding hydrogens is 568 g/mol. The lowest BCUT2D eigenvalue weighted by atomic mass is 10.1. The SMILES string of the molecule is O=C(COc1ccccc1-c1ccccc1)N/N=C\c1c(Br)cc(Br)c(O)c1Br. The topological polar surface area (TPSA) is 70.9 Å². The van der Waals surface area contributed by atoms with Crippen molar-refractivity contribution < 1.29 is 14.6 Å². The number of carbonyl (C=O) groups is 1. The van der Waals surface area contributed by atoms with Gasteiger partial charge in [-0.3, -0.25) is 4.79 Å². The number of ether oxygens (including phenoxy) is 1. The molecule has 0 aliphatic rings. The summed E-state index contributed by atoms with van der Waals surface area (Å²) in [6, 6.07) is 19.0. The first-order chi connectivity index (χ1) is 14.0. The van der Waals surface area contributed by atoms with Crippen LogP contribution in [0.2, 0.25) is 0 Å². The minimum Gasteiger partial charge on any atom is -0.506 e. The van der Waals surface area contributed by atoms with Gasteiger partial charge in [-0.05, 0) is 49.6 Å². The fourth-order valence-electron chi connectivity index (χ4n) is 2.51. The molecule has 0 fully saturated rings. The molecule has 0 unspecified atom stereocenters. The molecule has 5 nitrogen and oxygen atoms in total. The number of benzene rings is 3. The normalized spacial score (nSPS) is 10.9. The Balaban J connectivity index is 1.64. The van der Waals surface area contributed by atoms with Gasteiger partial charge in [0.1, 0.15) is 11.5 Å². The maximum Gasteiger partial charge on any atom is 0.277 e. The first-order valence-corrected chi connectivity index (χ1v) is 10.8. The molecule has 0 bridgehead atoms. The van der Waals surface area contributed by atoms with Crippen molar-refractivity contribution in [2.75, 3.05) is 6.61 Å². The van der Waals surface area contributed by atoms with Crippen LogP contribution in [0.15, 0.2) is 79.2 Å². The lowest BCUT2D eigenvalue weighted by molar-refractivity contribution is -0.123. The van der Waals surface area contributed by atoms with E-state index >= 15 is 0 Å². The number of phenolic OH excluding ortho intramolecular Hbond substituents is 1. The van der Waals surface area contributed by atoms with Crippen LogP contribution in [0.1, 0.15) is 5.56 Å². The summed E-state index contributed by atoms with van der Waals surface area (Å²) in [6.45, 7) is -0.185. The predicted molar refractivity (Wildman–Crippen MR) is 124 cm³/mol. The summed E-state index contributed by atoms with van der Waals surface area (Å²) in [4.78, 5) is 12.1. The fraction of sp³-hybridized carbons (Fsp3) is 0.0476. The number of hydrazone groups is 1. The molecule has 3 rings (SSSR count). The Morgan fingerprint density at radius 2 is 1.72 bits per heavy atom. The fourth-order valence-corrected chi connectivity index (χ4v) is 4.83. The van der Waals surface area contributed by atoms with Crippen LogP contribution in [0.25, 0.3) is 11.1 Å². The number of nitrogens with zero attached hydrogens (tertiary/aromatic N) is 1. The highest BCUT2D eigenvalue weighted by Crippen LogP contribution is 2.38. The maximum atomic E-state index is 12.1. The largest absolute Gasteiger partial charge is 0.506 e. The zero-order valence-corrected chi connectivity index (χ0v) is 19.7. The average Bonchev–Trinajstić information content (AvgIpc) is 2.74. The number of halogens is 3. The third-order valence-electron chi connectivity index (χ3n) is 3.89. The van der Waals surface area contributed by atoms with Crippen LogP contribution in [-0.4, -0.2) is 23.8 Å². The molecule has 1 amide bonds. The highest BCUT2D eigenvalue weighted by Gasteiger charge is 2.12.